The zero-order valence-corrected chi connectivity index (χ0v) is 10.5. The quantitative estimate of drug-likeness (QED) is 0.478. The first-order valence-corrected chi connectivity index (χ1v) is 5.61. The highest BCUT2D eigenvalue weighted by Gasteiger charge is 2.20. The van der Waals surface area contributed by atoms with Gasteiger partial charge in [0.2, 0.25) is 0 Å². The molecular formula is C11H13BF4N2O. The van der Waals surface area contributed by atoms with Crippen LogP contribution in [0.15, 0.2) is 34.7 Å². The van der Waals surface area contributed by atoms with E-state index in [9.17, 15) is 17.3 Å². The Balaban J connectivity index is 0.000000312. The van der Waals surface area contributed by atoms with Gasteiger partial charge < -0.3 is 21.7 Å². The van der Waals surface area contributed by atoms with Crippen LogP contribution in [0.2, 0.25) is 0 Å². The molecule has 0 aliphatic carbocycles. The number of hydrogen-bond donors (Lipinski definition) is 0. The van der Waals surface area contributed by atoms with E-state index in [4.69, 9.17) is 4.42 Å². The van der Waals surface area contributed by atoms with E-state index in [0.29, 0.717) is 5.89 Å². The van der Waals surface area contributed by atoms with Crippen molar-refractivity contribution in [2.75, 3.05) is 0 Å². The maximum atomic E-state index is 9.75. The van der Waals surface area contributed by atoms with Crippen molar-refractivity contribution in [1.82, 2.24) is 5.10 Å². The molecule has 8 heteroatoms. The van der Waals surface area contributed by atoms with Gasteiger partial charge >= 0.3 is 13.1 Å². The molecule has 0 aliphatic rings. The Hall–Kier alpha value is -1.86. The molecule has 0 N–H and O–H groups in total. The van der Waals surface area contributed by atoms with Crippen molar-refractivity contribution in [1.29, 1.82) is 0 Å². The largest absolute Gasteiger partial charge is 0.673 e. The number of rotatable bonds is 2. The van der Waals surface area contributed by atoms with E-state index < -0.39 is 7.25 Å². The molecule has 0 radical (unpaired) electrons. The molecule has 2 aromatic rings. The van der Waals surface area contributed by atoms with Crippen molar-refractivity contribution in [2.24, 2.45) is 0 Å². The van der Waals surface area contributed by atoms with Crippen molar-refractivity contribution in [2.45, 2.75) is 20.4 Å². The normalized spacial score (nSPS) is 10.8. The minimum atomic E-state index is -6.00. The summed E-state index contributed by atoms with van der Waals surface area (Å²) in [7, 11) is -6.00. The number of aromatic nitrogens is 2. The van der Waals surface area contributed by atoms with Crippen LogP contribution in [0.5, 0.6) is 0 Å². The fraction of sp³-hybridized carbons (Fsp3) is 0.273. The number of benzene rings is 1. The molecule has 0 saturated heterocycles. The van der Waals surface area contributed by atoms with Gasteiger partial charge in [0, 0.05) is 10.7 Å². The van der Waals surface area contributed by atoms with Gasteiger partial charge in [-0.05, 0) is 19.1 Å². The van der Waals surface area contributed by atoms with E-state index in [2.05, 4.69) is 5.10 Å². The van der Waals surface area contributed by atoms with Crippen molar-refractivity contribution in [3.8, 4) is 11.5 Å². The minimum absolute atomic E-state index is 0.685. The second kappa shape index (κ2) is 6.35. The highest BCUT2D eigenvalue weighted by molar-refractivity contribution is 6.50. The Labute approximate surface area is 108 Å². The fourth-order valence-electron chi connectivity index (χ4n) is 1.38. The summed E-state index contributed by atoms with van der Waals surface area (Å²) in [6, 6.07) is 9.92. The Morgan fingerprint density at radius 2 is 1.68 bits per heavy atom. The first-order chi connectivity index (χ1) is 8.81. The van der Waals surface area contributed by atoms with Gasteiger partial charge in [0.05, 0.1) is 6.92 Å². The maximum absolute atomic E-state index is 9.75. The van der Waals surface area contributed by atoms with E-state index in [1.807, 2.05) is 48.9 Å². The van der Waals surface area contributed by atoms with E-state index >= 15 is 0 Å². The average molecular weight is 276 g/mol. The minimum Gasteiger partial charge on any atom is -0.418 e. The number of nitrogens with zero attached hydrogens (tertiary/aromatic N) is 2. The van der Waals surface area contributed by atoms with Crippen molar-refractivity contribution in [3.05, 3.63) is 36.2 Å². The molecule has 0 unspecified atom stereocenters. The van der Waals surface area contributed by atoms with Crippen LogP contribution in [0.4, 0.5) is 17.3 Å². The van der Waals surface area contributed by atoms with Gasteiger partial charge in [-0.25, -0.2) is 0 Å². The number of hydrogen-bond acceptors (Lipinski definition) is 2. The predicted molar refractivity (Wildman–Crippen MR) is 62.7 cm³/mol. The summed E-state index contributed by atoms with van der Waals surface area (Å²) in [4.78, 5) is 0. The van der Waals surface area contributed by atoms with Gasteiger partial charge in [0.25, 0.3) is 5.89 Å². The lowest BCUT2D eigenvalue weighted by Gasteiger charge is -1.94. The zero-order valence-electron chi connectivity index (χ0n) is 10.5. The number of halogens is 4. The molecule has 2 rings (SSSR count). The Morgan fingerprint density at radius 1 is 1.16 bits per heavy atom. The predicted octanol–water partition coefficient (Wildman–Crippen LogP) is 3.26. The SMILES string of the molecule is CC[n+]1nc(-c2ccccc2)oc1C.F[B-](F)(F)F. The lowest BCUT2D eigenvalue weighted by Crippen LogP contribution is -2.36. The van der Waals surface area contributed by atoms with E-state index in [-0.39, 0.29) is 0 Å². The van der Waals surface area contributed by atoms with Crippen molar-refractivity contribution < 1.29 is 26.4 Å². The third-order valence-corrected chi connectivity index (χ3v) is 2.14. The molecule has 19 heavy (non-hydrogen) atoms. The Morgan fingerprint density at radius 3 is 2.11 bits per heavy atom. The molecule has 104 valence electrons. The van der Waals surface area contributed by atoms with E-state index in [1.54, 1.807) is 0 Å². The molecular weight excluding hydrogens is 263 g/mol. The van der Waals surface area contributed by atoms with Crippen molar-refractivity contribution in [3.63, 3.8) is 0 Å². The molecule has 0 amide bonds. The Kier molecular flexibility index (Phi) is 5.08. The first kappa shape index (κ1) is 15.2. The first-order valence-electron chi connectivity index (χ1n) is 5.61. The summed E-state index contributed by atoms with van der Waals surface area (Å²) < 4.78 is 46.4. The van der Waals surface area contributed by atoms with Crippen LogP contribution >= 0.6 is 0 Å². The second-order valence-corrected chi connectivity index (χ2v) is 3.60. The van der Waals surface area contributed by atoms with Gasteiger partial charge in [0.1, 0.15) is 0 Å². The summed E-state index contributed by atoms with van der Waals surface area (Å²) >= 11 is 0. The lowest BCUT2D eigenvalue weighted by molar-refractivity contribution is -0.756. The standard InChI is InChI=1S/C11H13N2O.BF4/c1-3-13-9(2)14-11(12-13)10-7-5-4-6-8-10;2-1(3,4)5/h4-8H,3H2,1-2H3;/q+1;-1. The zero-order chi connectivity index (χ0) is 14.5. The van der Waals surface area contributed by atoms with Gasteiger partial charge in [0.15, 0.2) is 6.54 Å². The molecule has 1 aromatic heterocycles. The molecule has 0 saturated carbocycles. The molecule has 0 fully saturated rings. The third kappa shape index (κ3) is 5.54. The molecule has 1 aromatic carbocycles. The topological polar surface area (TPSA) is 29.9 Å². The van der Waals surface area contributed by atoms with Crippen LogP contribution < -0.4 is 4.68 Å². The van der Waals surface area contributed by atoms with Crippen LogP contribution in [0, 0.1) is 6.92 Å². The molecule has 0 spiro atoms. The van der Waals surface area contributed by atoms with Gasteiger partial charge in [-0.2, -0.15) is 0 Å². The fourth-order valence-corrected chi connectivity index (χ4v) is 1.38. The Bertz CT molecular complexity index is 507. The van der Waals surface area contributed by atoms with E-state index in [0.717, 1.165) is 18.0 Å². The molecule has 0 bridgehead atoms. The number of aryl methyl sites for hydroxylation is 2. The van der Waals surface area contributed by atoms with E-state index in [1.165, 1.54) is 0 Å². The monoisotopic (exact) mass is 276 g/mol. The van der Waals surface area contributed by atoms with Crippen LogP contribution in [0.1, 0.15) is 12.8 Å². The summed E-state index contributed by atoms with van der Waals surface area (Å²) in [5.41, 5.74) is 1.02. The molecule has 3 nitrogen and oxygen atoms in total. The lowest BCUT2D eigenvalue weighted by atomic mass is 10.2. The highest BCUT2D eigenvalue weighted by atomic mass is 19.5. The molecule has 1 heterocycles. The highest BCUT2D eigenvalue weighted by Crippen LogP contribution is 2.15. The van der Waals surface area contributed by atoms with Gasteiger partial charge in [-0.1, -0.05) is 22.9 Å². The summed E-state index contributed by atoms with van der Waals surface area (Å²) in [6.07, 6.45) is 0. The van der Waals surface area contributed by atoms with Gasteiger partial charge in [-0.15, -0.1) is 0 Å². The molecule has 0 atom stereocenters. The third-order valence-electron chi connectivity index (χ3n) is 2.14. The van der Waals surface area contributed by atoms with Crippen LogP contribution in [-0.4, -0.2) is 12.4 Å². The maximum Gasteiger partial charge on any atom is 0.673 e. The van der Waals surface area contributed by atoms with Crippen molar-refractivity contribution >= 4 is 7.25 Å². The van der Waals surface area contributed by atoms with Crippen LogP contribution in [0.25, 0.3) is 11.5 Å². The van der Waals surface area contributed by atoms with Gasteiger partial charge in [-0.3, -0.25) is 0 Å². The smallest absolute Gasteiger partial charge is 0.418 e. The summed E-state index contributed by atoms with van der Waals surface area (Å²) in [5.74, 6) is 1.52. The second-order valence-electron chi connectivity index (χ2n) is 3.60. The average Bonchev–Trinajstić information content (AvgIpc) is 2.70. The summed E-state index contributed by atoms with van der Waals surface area (Å²) in [6.45, 7) is 4.80. The van der Waals surface area contributed by atoms with Crippen LogP contribution in [0.3, 0.4) is 0 Å². The molecule has 0 aliphatic heterocycles. The summed E-state index contributed by atoms with van der Waals surface area (Å²) in [5, 5.41) is 4.35. The van der Waals surface area contributed by atoms with Crippen LogP contribution in [-0.2, 0) is 6.54 Å².